The van der Waals surface area contributed by atoms with Gasteiger partial charge in [0.15, 0.2) is 0 Å². The zero-order valence-corrected chi connectivity index (χ0v) is 12.2. The number of hydrogen-bond donors (Lipinski definition) is 0. The van der Waals surface area contributed by atoms with E-state index in [1.807, 2.05) is 0 Å². The van der Waals surface area contributed by atoms with Gasteiger partial charge in [-0.15, -0.1) is 11.6 Å². The minimum absolute atomic E-state index is 0.311. The maximum absolute atomic E-state index is 12.7. The highest BCUT2D eigenvalue weighted by molar-refractivity contribution is 6.35. The fraction of sp³-hybridized carbons (Fsp3) is 0.143. The van der Waals surface area contributed by atoms with E-state index in [4.69, 9.17) is 34.8 Å². The molecule has 0 fully saturated rings. The minimum Gasteiger partial charge on any atom is -0.166 e. The molecule has 0 aliphatic heterocycles. The summed E-state index contributed by atoms with van der Waals surface area (Å²) in [6.07, 6.45) is -4.41. The summed E-state index contributed by atoms with van der Waals surface area (Å²) in [5.74, 6) is 0. The van der Waals surface area contributed by atoms with Crippen molar-refractivity contribution in [1.82, 2.24) is 0 Å². The minimum atomic E-state index is -4.41. The van der Waals surface area contributed by atoms with E-state index in [9.17, 15) is 13.2 Å². The van der Waals surface area contributed by atoms with Crippen molar-refractivity contribution in [3.8, 4) is 0 Å². The molecule has 0 spiro atoms. The van der Waals surface area contributed by atoms with Crippen molar-refractivity contribution in [2.24, 2.45) is 0 Å². The molecule has 0 saturated heterocycles. The van der Waals surface area contributed by atoms with Crippen molar-refractivity contribution in [3.05, 3.63) is 69.2 Å². The molecule has 2 aromatic rings. The Labute approximate surface area is 129 Å². The lowest BCUT2D eigenvalue weighted by Crippen LogP contribution is -2.06. The first-order valence-corrected chi connectivity index (χ1v) is 6.74. The van der Waals surface area contributed by atoms with Crippen LogP contribution in [-0.4, -0.2) is 0 Å². The zero-order chi connectivity index (χ0) is 14.9. The van der Waals surface area contributed by atoms with Gasteiger partial charge in [-0.05, 0) is 41.5 Å². The lowest BCUT2D eigenvalue weighted by Gasteiger charge is -2.14. The summed E-state index contributed by atoms with van der Waals surface area (Å²) in [6, 6.07) is 9.52. The van der Waals surface area contributed by atoms with Gasteiger partial charge in [0.2, 0.25) is 0 Å². The summed E-state index contributed by atoms with van der Waals surface area (Å²) in [5.41, 5.74) is 0.0321. The summed E-state index contributed by atoms with van der Waals surface area (Å²) in [4.78, 5) is 0. The molecule has 0 bridgehead atoms. The van der Waals surface area contributed by atoms with Crippen LogP contribution in [0.15, 0.2) is 42.5 Å². The third-order valence-corrected chi connectivity index (χ3v) is 3.80. The van der Waals surface area contributed by atoms with Crippen molar-refractivity contribution in [2.75, 3.05) is 0 Å². The first-order chi connectivity index (χ1) is 9.29. The van der Waals surface area contributed by atoms with E-state index >= 15 is 0 Å². The summed E-state index contributed by atoms with van der Waals surface area (Å²) in [6.45, 7) is 0. The second-order valence-corrected chi connectivity index (χ2v) is 5.43. The predicted octanol–water partition coefficient (Wildman–Crippen LogP) is 6.34. The van der Waals surface area contributed by atoms with Crippen molar-refractivity contribution in [2.45, 2.75) is 11.6 Å². The maximum Gasteiger partial charge on any atom is 0.416 e. The van der Waals surface area contributed by atoms with Crippen LogP contribution in [0.25, 0.3) is 0 Å². The third-order valence-electron chi connectivity index (χ3n) is 2.74. The fourth-order valence-corrected chi connectivity index (χ4v) is 2.54. The van der Waals surface area contributed by atoms with E-state index in [0.29, 0.717) is 21.2 Å². The van der Waals surface area contributed by atoms with Crippen molar-refractivity contribution < 1.29 is 13.2 Å². The number of hydrogen-bond acceptors (Lipinski definition) is 0. The van der Waals surface area contributed by atoms with Crippen LogP contribution in [0.5, 0.6) is 0 Å². The van der Waals surface area contributed by atoms with Crippen LogP contribution in [0.4, 0.5) is 13.2 Å². The van der Waals surface area contributed by atoms with Crippen LogP contribution in [0.2, 0.25) is 10.0 Å². The number of rotatable bonds is 2. The second kappa shape index (κ2) is 5.84. The normalized spacial score (nSPS) is 13.3. The fourth-order valence-electron chi connectivity index (χ4n) is 1.76. The van der Waals surface area contributed by atoms with Gasteiger partial charge in [0.25, 0.3) is 0 Å². The highest BCUT2D eigenvalue weighted by Crippen LogP contribution is 2.37. The van der Waals surface area contributed by atoms with Gasteiger partial charge in [-0.3, -0.25) is 0 Å². The molecule has 2 aromatic carbocycles. The van der Waals surface area contributed by atoms with Crippen LogP contribution in [0.1, 0.15) is 22.1 Å². The van der Waals surface area contributed by atoms with Gasteiger partial charge in [0.1, 0.15) is 0 Å². The SMILES string of the molecule is FC(F)(F)c1cccc(C(Cl)c2cc(Cl)ccc2Cl)c1. The quantitative estimate of drug-likeness (QED) is 0.560. The first-order valence-electron chi connectivity index (χ1n) is 5.55. The molecule has 0 N–H and O–H groups in total. The average Bonchev–Trinajstić information content (AvgIpc) is 2.40. The summed E-state index contributed by atoms with van der Waals surface area (Å²) >= 11 is 18.1. The molecule has 0 radical (unpaired) electrons. The van der Waals surface area contributed by atoms with E-state index in [2.05, 4.69) is 0 Å². The highest BCUT2D eigenvalue weighted by atomic mass is 35.5. The average molecular weight is 340 g/mol. The Bertz CT molecular complexity index is 623. The van der Waals surface area contributed by atoms with E-state index in [1.165, 1.54) is 12.1 Å². The Morgan fingerprint density at radius 1 is 0.950 bits per heavy atom. The summed E-state index contributed by atoms with van der Waals surface area (Å²) in [7, 11) is 0. The number of benzene rings is 2. The van der Waals surface area contributed by atoms with Gasteiger partial charge in [0.05, 0.1) is 10.9 Å². The molecule has 0 aromatic heterocycles. The third kappa shape index (κ3) is 3.40. The first kappa shape index (κ1) is 15.5. The van der Waals surface area contributed by atoms with E-state index < -0.39 is 17.1 Å². The molecule has 1 atom stereocenters. The Kier molecular flexibility index (Phi) is 4.52. The molecule has 20 heavy (non-hydrogen) atoms. The summed E-state index contributed by atoms with van der Waals surface area (Å²) in [5, 5.41) is -0.0302. The van der Waals surface area contributed by atoms with E-state index in [0.717, 1.165) is 12.1 Å². The molecule has 6 heteroatoms. The Balaban J connectivity index is 2.43. The molecular weight excluding hydrogens is 332 g/mol. The lowest BCUT2D eigenvalue weighted by molar-refractivity contribution is -0.137. The van der Waals surface area contributed by atoms with Crippen molar-refractivity contribution in [3.63, 3.8) is 0 Å². The van der Waals surface area contributed by atoms with Crippen LogP contribution in [0, 0.1) is 0 Å². The Hall–Kier alpha value is -0.900. The van der Waals surface area contributed by atoms with Crippen LogP contribution in [0.3, 0.4) is 0 Å². The van der Waals surface area contributed by atoms with Crippen molar-refractivity contribution >= 4 is 34.8 Å². The van der Waals surface area contributed by atoms with Crippen LogP contribution in [-0.2, 0) is 6.18 Å². The number of alkyl halides is 4. The van der Waals surface area contributed by atoms with Crippen molar-refractivity contribution in [1.29, 1.82) is 0 Å². The molecule has 0 saturated carbocycles. The lowest BCUT2D eigenvalue weighted by atomic mass is 10.0. The molecule has 0 amide bonds. The molecule has 0 heterocycles. The van der Waals surface area contributed by atoms with E-state index in [-0.39, 0.29) is 0 Å². The molecule has 0 aliphatic carbocycles. The van der Waals surface area contributed by atoms with Gasteiger partial charge in [-0.1, -0.05) is 35.3 Å². The topological polar surface area (TPSA) is 0 Å². The van der Waals surface area contributed by atoms with E-state index in [1.54, 1.807) is 18.2 Å². The molecule has 106 valence electrons. The van der Waals surface area contributed by atoms with Gasteiger partial charge in [0, 0.05) is 10.0 Å². The zero-order valence-electron chi connectivity index (χ0n) is 9.89. The summed E-state index contributed by atoms with van der Waals surface area (Å²) < 4.78 is 38.1. The van der Waals surface area contributed by atoms with Gasteiger partial charge >= 0.3 is 6.18 Å². The largest absolute Gasteiger partial charge is 0.416 e. The molecule has 2 rings (SSSR count). The second-order valence-electron chi connectivity index (χ2n) is 4.15. The monoisotopic (exact) mass is 338 g/mol. The predicted molar refractivity (Wildman–Crippen MR) is 75.6 cm³/mol. The van der Waals surface area contributed by atoms with Gasteiger partial charge in [-0.2, -0.15) is 13.2 Å². The van der Waals surface area contributed by atoms with Gasteiger partial charge in [-0.25, -0.2) is 0 Å². The molecular formula is C14H8Cl3F3. The van der Waals surface area contributed by atoms with Gasteiger partial charge < -0.3 is 0 Å². The molecule has 0 aliphatic rings. The molecule has 0 nitrogen and oxygen atoms in total. The Morgan fingerprint density at radius 3 is 2.30 bits per heavy atom. The highest BCUT2D eigenvalue weighted by Gasteiger charge is 2.31. The van der Waals surface area contributed by atoms with Crippen LogP contribution < -0.4 is 0 Å². The smallest absolute Gasteiger partial charge is 0.166 e. The Morgan fingerprint density at radius 2 is 1.65 bits per heavy atom. The number of halogens is 6. The van der Waals surface area contributed by atoms with Crippen LogP contribution >= 0.6 is 34.8 Å². The maximum atomic E-state index is 12.7. The molecule has 1 unspecified atom stereocenters. The standard InChI is InChI=1S/C14H8Cl3F3/c15-10-4-5-12(16)11(7-10)13(17)8-2-1-3-9(6-8)14(18,19)20/h1-7,13H.